The van der Waals surface area contributed by atoms with Gasteiger partial charge in [0.1, 0.15) is 6.07 Å². The summed E-state index contributed by atoms with van der Waals surface area (Å²) >= 11 is 6.00. The van der Waals surface area contributed by atoms with E-state index >= 15 is 0 Å². The van der Waals surface area contributed by atoms with E-state index in [0.717, 1.165) is 12.2 Å². The van der Waals surface area contributed by atoms with Crippen LogP contribution in [0.25, 0.3) is 0 Å². The number of hydrogen-bond donors (Lipinski definition) is 1. The Morgan fingerprint density at radius 3 is 2.58 bits per heavy atom. The van der Waals surface area contributed by atoms with E-state index in [-0.39, 0.29) is 0 Å². The first-order chi connectivity index (χ1) is 9.10. The van der Waals surface area contributed by atoms with Gasteiger partial charge in [-0.05, 0) is 43.2 Å². The summed E-state index contributed by atoms with van der Waals surface area (Å²) in [6.45, 7) is 4.94. The molecule has 2 nitrogen and oxygen atoms in total. The highest BCUT2D eigenvalue weighted by atomic mass is 35.5. The molecule has 19 heavy (non-hydrogen) atoms. The quantitative estimate of drug-likeness (QED) is 0.895. The van der Waals surface area contributed by atoms with Gasteiger partial charge in [0.25, 0.3) is 0 Å². The van der Waals surface area contributed by atoms with Crippen LogP contribution in [0.1, 0.15) is 22.3 Å². The molecule has 2 aromatic rings. The minimum atomic E-state index is 0.480. The molecule has 0 aliphatic rings. The number of nitriles is 1. The minimum Gasteiger partial charge on any atom is -0.381 e. The summed E-state index contributed by atoms with van der Waals surface area (Å²) in [4.78, 5) is 0. The van der Waals surface area contributed by atoms with Crippen LogP contribution in [0.4, 0.5) is 5.69 Å². The fourth-order valence-corrected chi connectivity index (χ4v) is 2.18. The SMILES string of the molecule is Cc1ccc(CNc2ccc(C#N)c(Cl)c2)c(C)c1. The van der Waals surface area contributed by atoms with Crippen molar-refractivity contribution in [2.75, 3.05) is 5.32 Å². The third-order valence-corrected chi connectivity index (χ3v) is 3.38. The Hall–Kier alpha value is -1.98. The maximum absolute atomic E-state index is 8.82. The zero-order valence-corrected chi connectivity index (χ0v) is 11.8. The van der Waals surface area contributed by atoms with Gasteiger partial charge in [-0.1, -0.05) is 35.4 Å². The van der Waals surface area contributed by atoms with Crippen molar-refractivity contribution in [3.8, 4) is 6.07 Å². The molecule has 0 radical (unpaired) electrons. The lowest BCUT2D eigenvalue weighted by Gasteiger charge is -2.10. The van der Waals surface area contributed by atoms with Crippen LogP contribution >= 0.6 is 11.6 Å². The molecule has 0 unspecified atom stereocenters. The van der Waals surface area contributed by atoms with Gasteiger partial charge in [0.2, 0.25) is 0 Å². The van der Waals surface area contributed by atoms with Crippen molar-refractivity contribution >= 4 is 17.3 Å². The summed E-state index contributed by atoms with van der Waals surface area (Å²) in [7, 11) is 0. The van der Waals surface area contributed by atoms with E-state index in [1.54, 1.807) is 12.1 Å². The molecule has 3 heteroatoms. The summed E-state index contributed by atoms with van der Waals surface area (Å²) in [5, 5.41) is 12.6. The summed E-state index contributed by atoms with van der Waals surface area (Å²) < 4.78 is 0. The zero-order chi connectivity index (χ0) is 13.8. The van der Waals surface area contributed by atoms with Gasteiger partial charge >= 0.3 is 0 Å². The van der Waals surface area contributed by atoms with Crippen molar-refractivity contribution in [2.45, 2.75) is 20.4 Å². The van der Waals surface area contributed by atoms with Gasteiger partial charge in [0.15, 0.2) is 0 Å². The smallest absolute Gasteiger partial charge is 0.101 e. The molecule has 0 saturated carbocycles. The second-order valence-electron chi connectivity index (χ2n) is 4.59. The van der Waals surface area contributed by atoms with Crippen LogP contribution in [0.15, 0.2) is 36.4 Å². The third-order valence-electron chi connectivity index (χ3n) is 3.07. The molecule has 2 aromatic carbocycles. The van der Waals surface area contributed by atoms with E-state index in [2.05, 4.69) is 43.4 Å². The van der Waals surface area contributed by atoms with Gasteiger partial charge in [-0.2, -0.15) is 5.26 Å². The highest BCUT2D eigenvalue weighted by Crippen LogP contribution is 2.21. The van der Waals surface area contributed by atoms with Gasteiger partial charge in [-0.15, -0.1) is 0 Å². The fraction of sp³-hybridized carbons (Fsp3) is 0.188. The first kappa shape index (κ1) is 13.5. The molecular formula is C16H15ClN2. The predicted molar refractivity (Wildman–Crippen MR) is 79.4 cm³/mol. The van der Waals surface area contributed by atoms with Crippen LogP contribution in [-0.4, -0.2) is 0 Å². The number of hydrogen-bond acceptors (Lipinski definition) is 2. The number of aryl methyl sites for hydroxylation is 2. The Morgan fingerprint density at radius 2 is 1.95 bits per heavy atom. The molecule has 0 aliphatic carbocycles. The largest absolute Gasteiger partial charge is 0.381 e. The predicted octanol–water partition coefficient (Wildman–Crippen LogP) is 4.44. The lowest BCUT2D eigenvalue weighted by molar-refractivity contribution is 1.11. The summed E-state index contributed by atoms with van der Waals surface area (Å²) in [6.07, 6.45) is 0. The van der Waals surface area contributed by atoms with E-state index in [1.165, 1.54) is 16.7 Å². The van der Waals surface area contributed by atoms with Gasteiger partial charge < -0.3 is 5.32 Å². The highest BCUT2D eigenvalue weighted by molar-refractivity contribution is 6.32. The van der Waals surface area contributed by atoms with Gasteiger partial charge in [0, 0.05) is 12.2 Å². The van der Waals surface area contributed by atoms with Crippen molar-refractivity contribution in [1.29, 1.82) is 5.26 Å². The molecule has 0 atom stereocenters. The number of nitrogens with one attached hydrogen (secondary N) is 1. The molecule has 0 spiro atoms. The first-order valence-electron chi connectivity index (χ1n) is 6.10. The first-order valence-corrected chi connectivity index (χ1v) is 6.47. The van der Waals surface area contributed by atoms with Crippen LogP contribution in [0.2, 0.25) is 5.02 Å². The van der Waals surface area contributed by atoms with Crippen molar-refractivity contribution in [2.24, 2.45) is 0 Å². The third kappa shape index (κ3) is 3.27. The number of rotatable bonds is 3. The van der Waals surface area contributed by atoms with E-state index in [0.29, 0.717) is 10.6 Å². The number of anilines is 1. The molecule has 0 fully saturated rings. The van der Waals surface area contributed by atoms with Crippen molar-refractivity contribution in [3.63, 3.8) is 0 Å². The Morgan fingerprint density at radius 1 is 1.16 bits per heavy atom. The maximum Gasteiger partial charge on any atom is 0.101 e. The van der Waals surface area contributed by atoms with E-state index in [1.807, 2.05) is 6.07 Å². The van der Waals surface area contributed by atoms with Crippen LogP contribution in [0.3, 0.4) is 0 Å². The van der Waals surface area contributed by atoms with Crippen LogP contribution in [0.5, 0.6) is 0 Å². The average Bonchev–Trinajstić information content (AvgIpc) is 2.38. The zero-order valence-electron chi connectivity index (χ0n) is 11.0. The standard InChI is InChI=1S/C16H15ClN2/c1-11-3-4-14(12(2)7-11)10-19-15-6-5-13(9-18)16(17)8-15/h3-8,19H,10H2,1-2H3. The highest BCUT2D eigenvalue weighted by Gasteiger charge is 2.02. The molecule has 0 aliphatic heterocycles. The number of benzene rings is 2. The molecule has 1 N–H and O–H groups in total. The molecule has 0 bridgehead atoms. The second kappa shape index (κ2) is 5.77. The number of halogens is 1. The van der Waals surface area contributed by atoms with Crippen molar-refractivity contribution in [3.05, 3.63) is 63.7 Å². The van der Waals surface area contributed by atoms with Crippen LogP contribution in [-0.2, 0) is 6.54 Å². The van der Waals surface area contributed by atoms with Crippen molar-refractivity contribution < 1.29 is 0 Å². The molecule has 0 amide bonds. The van der Waals surface area contributed by atoms with Gasteiger partial charge in [-0.25, -0.2) is 0 Å². The molecule has 96 valence electrons. The summed E-state index contributed by atoms with van der Waals surface area (Å²) in [5.41, 5.74) is 5.21. The molecular weight excluding hydrogens is 256 g/mol. The topological polar surface area (TPSA) is 35.8 Å². The monoisotopic (exact) mass is 270 g/mol. The normalized spacial score (nSPS) is 10.0. The summed E-state index contributed by atoms with van der Waals surface area (Å²) in [5.74, 6) is 0. The van der Waals surface area contributed by atoms with E-state index in [4.69, 9.17) is 16.9 Å². The summed E-state index contributed by atoms with van der Waals surface area (Å²) in [6, 6.07) is 13.8. The van der Waals surface area contributed by atoms with E-state index in [9.17, 15) is 0 Å². The fourth-order valence-electron chi connectivity index (χ4n) is 1.96. The molecule has 0 heterocycles. The van der Waals surface area contributed by atoms with Crippen LogP contribution < -0.4 is 5.32 Å². The molecule has 0 aromatic heterocycles. The Labute approximate surface area is 118 Å². The van der Waals surface area contributed by atoms with Crippen LogP contribution in [0, 0.1) is 25.2 Å². The lowest BCUT2D eigenvalue weighted by atomic mass is 10.1. The van der Waals surface area contributed by atoms with Crippen molar-refractivity contribution in [1.82, 2.24) is 0 Å². The molecule has 0 saturated heterocycles. The Bertz CT molecular complexity index is 642. The van der Waals surface area contributed by atoms with Gasteiger partial charge in [-0.3, -0.25) is 0 Å². The Balaban J connectivity index is 2.10. The lowest BCUT2D eigenvalue weighted by Crippen LogP contribution is -2.01. The maximum atomic E-state index is 8.82. The minimum absolute atomic E-state index is 0.480. The average molecular weight is 271 g/mol. The number of nitrogens with zero attached hydrogens (tertiary/aromatic N) is 1. The van der Waals surface area contributed by atoms with Gasteiger partial charge in [0.05, 0.1) is 10.6 Å². The van der Waals surface area contributed by atoms with E-state index < -0.39 is 0 Å². The second-order valence-corrected chi connectivity index (χ2v) is 5.00. The Kier molecular flexibility index (Phi) is 4.09. The molecule has 2 rings (SSSR count).